The van der Waals surface area contributed by atoms with Crippen molar-refractivity contribution in [2.45, 2.75) is 6.92 Å². The minimum Gasteiger partial charge on any atom is -0.504 e. The summed E-state index contributed by atoms with van der Waals surface area (Å²) >= 11 is 1.89. The number of ether oxygens (including phenoxy) is 1. The second-order valence-corrected chi connectivity index (χ2v) is 4.76. The van der Waals surface area contributed by atoms with Crippen LogP contribution in [0.1, 0.15) is 12.5 Å². The molecule has 1 aromatic rings. The normalized spacial score (nSPS) is 11.0. The van der Waals surface area contributed by atoms with Gasteiger partial charge in [-0.15, -0.1) is 0 Å². The van der Waals surface area contributed by atoms with Crippen LogP contribution in [-0.4, -0.2) is 29.2 Å². The van der Waals surface area contributed by atoms with Gasteiger partial charge in [0.15, 0.2) is 11.5 Å². The zero-order valence-electron chi connectivity index (χ0n) is 10.2. The van der Waals surface area contributed by atoms with Crippen LogP contribution in [0.15, 0.2) is 17.8 Å². The van der Waals surface area contributed by atoms with Crippen LogP contribution >= 0.6 is 22.6 Å². The Morgan fingerprint density at radius 1 is 1.42 bits per heavy atom. The van der Waals surface area contributed by atoms with E-state index in [-0.39, 0.29) is 17.2 Å². The van der Waals surface area contributed by atoms with Crippen molar-refractivity contribution < 1.29 is 24.5 Å². The summed E-state index contributed by atoms with van der Waals surface area (Å²) < 4.78 is 5.48. The maximum atomic E-state index is 11.0. The Kier molecular flexibility index (Phi) is 5.16. The molecule has 0 aliphatic rings. The summed E-state index contributed by atoms with van der Waals surface area (Å²) in [6.45, 7) is 1.22. The first-order chi connectivity index (χ1) is 8.85. The molecule has 1 amide bonds. The molecular formula is C12H12INO5. The third kappa shape index (κ3) is 4.12. The molecule has 0 aliphatic carbocycles. The largest absolute Gasteiger partial charge is 0.504 e. The maximum Gasteiger partial charge on any atom is 0.352 e. The highest BCUT2D eigenvalue weighted by molar-refractivity contribution is 14.1. The fourth-order valence-corrected chi connectivity index (χ4v) is 1.97. The molecule has 0 atom stereocenters. The Bertz CT molecular complexity index is 553. The maximum absolute atomic E-state index is 11.0. The van der Waals surface area contributed by atoms with Gasteiger partial charge in [0.2, 0.25) is 5.91 Å². The third-order valence-electron chi connectivity index (χ3n) is 2.12. The van der Waals surface area contributed by atoms with Gasteiger partial charge < -0.3 is 20.3 Å². The SMILES string of the molecule is COc1cc(/C=C(/NC(C)=O)C(=O)O)cc(I)c1O. The molecule has 7 heteroatoms. The van der Waals surface area contributed by atoms with E-state index in [1.54, 1.807) is 6.07 Å². The van der Waals surface area contributed by atoms with Crippen molar-refractivity contribution in [2.75, 3.05) is 7.11 Å². The Labute approximate surface area is 123 Å². The summed E-state index contributed by atoms with van der Waals surface area (Å²) in [6, 6.07) is 3.05. The van der Waals surface area contributed by atoms with Crippen LogP contribution in [0, 0.1) is 3.57 Å². The molecule has 0 aromatic heterocycles. The number of methoxy groups -OCH3 is 1. The van der Waals surface area contributed by atoms with Crippen LogP contribution in [0.5, 0.6) is 11.5 Å². The second kappa shape index (κ2) is 6.41. The van der Waals surface area contributed by atoms with Gasteiger partial charge in [0, 0.05) is 6.92 Å². The first-order valence-electron chi connectivity index (χ1n) is 5.14. The van der Waals surface area contributed by atoms with E-state index >= 15 is 0 Å². The van der Waals surface area contributed by atoms with E-state index in [9.17, 15) is 14.7 Å². The van der Waals surface area contributed by atoms with Crippen molar-refractivity contribution >= 4 is 40.5 Å². The van der Waals surface area contributed by atoms with Crippen LogP contribution < -0.4 is 10.1 Å². The van der Waals surface area contributed by atoms with E-state index < -0.39 is 11.9 Å². The van der Waals surface area contributed by atoms with Gasteiger partial charge in [-0.25, -0.2) is 4.79 Å². The average molecular weight is 377 g/mol. The molecule has 3 N–H and O–H groups in total. The van der Waals surface area contributed by atoms with Gasteiger partial charge in [-0.2, -0.15) is 0 Å². The number of nitrogens with one attached hydrogen (secondary N) is 1. The Balaban J connectivity index is 3.24. The molecule has 0 saturated heterocycles. The molecule has 0 spiro atoms. The molecule has 0 bridgehead atoms. The molecule has 0 radical (unpaired) electrons. The number of aromatic hydroxyl groups is 1. The lowest BCUT2D eigenvalue weighted by atomic mass is 10.1. The smallest absolute Gasteiger partial charge is 0.352 e. The molecule has 6 nitrogen and oxygen atoms in total. The molecule has 0 unspecified atom stereocenters. The second-order valence-electron chi connectivity index (χ2n) is 3.60. The van der Waals surface area contributed by atoms with Crippen molar-refractivity contribution in [1.29, 1.82) is 0 Å². The number of aliphatic carboxylic acids is 1. The minimum atomic E-state index is -1.25. The summed E-state index contributed by atoms with van der Waals surface area (Å²) in [7, 11) is 1.39. The fraction of sp³-hybridized carbons (Fsp3) is 0.167. The number of hydrogen-bond acceptors (Lipinski definition) is 4. The van der Waals surface area contributed by atoms with Crippen LogP contribution in [0.4, 0.5) is 0 Å². The van der Waals surface area contributed by atoms with E-state index in [2.05, 4.69) is 5.32 Å². The summed E-state index contributed by atoms with van der Waals surface area (Å²) in [5.74, 6) is -1.52. The summed E-state index contributed by atoms with van der Waals surface area (Å²) in [5.41, 5.74) is 0.237. The van der Waals surface area contributed by atoms with Gasteiger partial charge in [0.05, 0.1) is 10.7 Å². The average Bonchev–Trinajstić information content (AvgIpc) is 2.31. The number of benzene rings is 1. The molecular weight excluding hydrogens is 365 g/mol. The lowest BCUT2D eigenvalue weighted by Crippen LogP contribution is -2.24. The lowest BCUT2D eigenvalue weighted by molar-refractivity contribution is -0.134. The Morgan fingerprint density at radius 3 is 2.53 bits per heavy atom. The highest BCUT2D eigenvalue weighted by Gasteiger charge is 2.12. The van der Waals surface area contributed by atoms with E-state index in [1.807, 2.05) is 22.6 Å². The van der Waals surface area contributed by atoms with E-state index in [1.165, 1.54) is 26.2 Å². The number of halogens is 1. The molecule has 0 fully saturated rings. The number of carboxylic acids is 1. The highest BCUT2D eigenvalue weighted by atomic mass is 127. The first kappa shape index (κ1) is 15.3. The van der Waals surface area contributed by atoms with Crippen LogP contribution in [-0.2, 0) is 9.59 Å². The van der Waals surface area contributed by atoms with E-state index in [0.717, 1.165) is 0 Å². The van der Waals surface area contributed by atoms with Gasteiger partial charge in [-0.3, -0.25) is 4.79 Å². The summed E-state index contributed by atoms with van der Waals surface area (Å²) in [5, 5.41) is 20.9. The molecule has 0 heterocycles. The van der Waals surface area contributed by atoms with Gasteiger partial charge in [-0.1, -0.05) is 0 Å². The van der Waals surface area contributed by atoms with Gasteiger partial charge >= 0.3 is 5.97 Å². The van der Waals surface area contributed by atoms with E-state index in [0.29, 0.717) is 9.13 Å². The molecule has 19 heavy (non-hydrogen) atoms. The molecule has 1 aromatic carbocycles. The van der Waals surface area contributed by atoms with Crippen LogP contribution in [0.3, 0.4) is 0 Å². The van der Waals surface area contributed by atoms with Crippen molar-refractivity contribution in [1.82, 2.24) is 5.32 Å². The third-order valence-corrected chi connectivity index (χ3v) is 2.95. The van der Waals surface area contributed by atoms with Crippen molar-refractivity contribution in [3.8, 4) is 11.5 Å². The number of carbonyl (C=O) groups excluding carboxylic acids is 1. The van der Waals surface area contributed by atoms with Gasteiger partial charge in [-0.05, 0) is 46.4 Å². The van der Waals surface area contributed by atoms with Crippen LogP contribution in [0.25, 0.3) is 6.08 Å². The minimum absolute atomic E-state index is 0.0170. The predicted octanol–water partition coefficient (Wildman–Crippen LogP) is 1.57. The lowest BCUT2D eigenvalue weighted by Gasteiger charge is -2.08. The molecule has 1 rings (SSSR count). The number of rotatable bonds is 4. The van der Waals surface area contributed by atoms with Gasteiger partial charge in [0.1, 0.15) is 5.70 Å². The number of phenols is 1. The number of amides is 1. The molecule has 0 saturated carbocycles. The Hall–Kier alpha value is -1.77. The van der Waals surface area contributed by atoms with Crippen molar-refractivity contribution in [3.05, 3.63) is 27.0 Å². The first-order valence-corrected chi connectivity index (χ1v) is 6.22. The zero-order valence-corrected chi connectivity index (χ0v) is 12.4. The zero-order chi connectivity index (χ0) is 14.6. The molecule has 0 aliphatic heterocycles. The predicted molar refractivity (Wildman–Crippen MR) is 76.8 cm³/mol. The van der Waals surface area contributed by atoms with E-state index in [4.69, 9.17) is 9.84 Å². The van der Waals surface area contributed by atoms with Crippen molar-refractivity contribution in [2.24, 2.45) is 0 Å². The highest BCUT2D eigenvalue weighted by Crippen LogP contribution is 2.32. The fourth-order valence-electron chi connectivity index (χ4n) is 1.34. The summed E-state index contributed by atoms with van der Waals surface area (Å²) in [4.78, 5) is 21.9. The number of carbonyl (C=O) groups is 2. The quantitative estimate of drug-likeness (QED) is 0.547. The van der Waals surface area contributed by atoms with Gasteiger partial charge in [0.25, 0.3) is 0 Å². The standard InChI is InChI=1S/C12H12INO5/c1-6(15)14-9(12(17)18)4-7-3-8(13)11(16)10(5-7)19-2/h3-5,16H,1-2H3,(H,14,15)(H,17,18)/b9-4+. The topological polar surface area (TPSA) is 95.9 Å². The number of hydrogen-bond donors (Lipinski definition) is 3. The monoisotopic (exact) mass is 377 g/mol. The van der Waals surface area contributed by atoms with Crippen molar-refractivity contribution in [3.63, 3.8) is 0 Å². The number of carboxylic acid groups (broad SMARTS) is 1. The van der Waals surface area contributed by atoms with Crippen LogP contribution in [0.2, 0.25) is 0 Å². The number of phenolic OH excluding ortho intramolecular Hbond substituents is 1. The Morgan fingerprint density at radius 2 is 2.05 bits per heavy atom. The summed E-state index contributed by atoms with van der Waals surface area (Å²) in [6.07, 6.45) is 1.29. The molecule has 102 valence electrons.